The molecule has 4 aliphatic rings. The molecule has 4 saturated carbocycles. The van der Waals surface area contributed by atoms with E-state index in [1.165, 1.54) is 50.3 Å². The van der Waals surface area contributed by atoms with Gasteiger partial charge >= 0.3 is 0 Å². The lowest BCUT2D eigenvalue weighted by Gasteiger charge is -2.59. The van der Waals surface area contributed by atoms with Gasteiger partial charge in [0.15, 0.2) is 5.16 Å². The first-order chi connectivity index (χ1) is 15.5. The summed E-state index contributed by atoms with van der Waals surface area (Å²) in [6.45, 7) is 2.59. The van der Waals surface area contributed by atoms with Gasteiger partial charge in [0, 0.05) is 19.2 Å². The molecule has 0 spiro atoms. The smallest absolute Gasteiger partial charge is 0.262 e. The number of hydrogen-bond donors (Lipinski definition) is 2. The Morgan fingerprint density at radius 3 is 2.53 bits per heavy atom. The van der Waals surface area contributed by atoms with E-state index in [0.717, 1.165) is 17.8 Å². The van der Waals surface area contributed by atoms with Gasteiger partial charge in [0.1, 0.15) is 0 Å². The molecule has 6 nitrogen and oxygen atoms in total. The van der Waals surface area contributed by atoms with Crippen LogP contribution in [0.3, 0.4) is 0 Å². The van der Waals surface area contributed by atoms with E-state index in [9.17, 15) is 14.7 Å². The average Bonchev–Trinajstić information content (AvgIpc) is 2.76. The van der Waals surface area contributed by atoms with Crippen molar-refractivity contribution in [3.05, 3.63) is 34.6 Å². The van der Waals surface area contributed by atoms with E-state index in [2.05, 4.69) is 17.2 Å². The summed E-state index contributed by atoms with van der Waals surface area (Å²) in [4.78, 5) is 30.5. The number of thioether (sulfide) groups is 1. The van der Waals surface area contributed by atoms with Crippen LogP contribution >= 0.6 is 11.8 Å². The van der Waals surface area contributed by atoms with Gasteiger partial charge in [-0.15, -0.1) is 0 Å². The van der Waals surface area contributed by atoms with Crippen LogP contribution < -0.4 is 10.9 Å². The van der Waals surface area contributed by atoms with E-state index in [0.29, 0.717) is 29.0 Å². The second kappa shape index (κ2) is 8.82. The first kappa shape index (κ1) is 22.0. The van der Waals surface area contributed by atoms with Gasteiger partial charge in [-0.2, -0.15) is 0 Å². The summed E-state index contributed by atoms with van der Waals surface area (Å²) in [7, 11) is 0. The number of benzene rings is 1. The monoisotopic (exact) mass is 455 g/mol. The summed E-state index contributed by atoms with van der Waals surface area (Å²) >= 11 is 1.31. The summed E-state index contributed by atoms with van der Waals surface area (Å²) in [6.07, 6.45) is 8.46. The van der Waals surface area contributed by atoms with Gasteiger partial charge < -0.3 is 10.4 Å². The maximum absolute atomic E-state index is 13.0. The average molecular weight is 456 g/mol. The molecule has 1 aromatic carbocycles. The predicted molar refractivity (Wildman–Crippen MR) is 127 cm³/mol. The molecule has 6 rings (SSSR count). The molecule has 0 radical (unpaired) electrons. The van der Waals surface area contributed by atoms with Gasteiger partial charge in [0.25, 0.3) is 5.56 Å². The molecule has 172 valence electrons. The fraction of sp³-hybridized carbons (Fsp3) is 0.640. The first-order valence-electron chi connectivity index (χ1n) is 12.0. The van der Waals surface area contributed by atoms with Crippen molar-refractivity contribution in [2.75, 3.05) is 12.4 Å². The van der Waals surface area contributed by atoms with E-state index in [1.807, 2.05) is 18.2 Å². The lowest BCUT2D eigenvalue weighted by atomic mass is 9.48. The normalized spacial score (nSPS) is 29.4. The number of aliphatic hydroxyl groups is 1. The van der Waals surface area contributed by atoms with Gasteiger partial charge in [-0.3, -0.25) is 14.2 Å². The zero-order valence-electron chi connectivity index (χ0n) is 18.8. The molecular formula is C25H33N3O3S. The van der Waals surface area contributed by atoms with Crippen molar-refractivity contribution in [2.24, 2.45) is 23.2 Å². The van der Waals surface area contributed by atoms with Crippen molar-refractivity contribution in [1.29, 1.82) is 0 Å². The molecule has 1 unspecified atom stereocenters. The SMILES string of the molecule is CC(NC(=O)CSc1nc2ccccc2c(=O)n1CCCO)C12CC3CC(CC(C3)C1)C2. The number of hydrogen-bond acceptors (Lipinski definition) is 5. The lowest BCUT2D eigenvalue weighted by Crippen LogP contribution is -2.56. The summed E-state index contributed by atoms with van der Waals surface area (Å²) in [5.41, 5.74) is 0.802. The van der Waals surface area contributed by atoms with Crippen molar-refractivity contribution in [3.63, 3.8) is 0 Å². The fourth-order valence-electron chi connectivity index (χ4n) is 6.96. The fourth-order valence-corrected chi connectivity index (χ4v) is 7.79. The highest BCUT2D eigenvalue weighted by Crippen LogP contribution is 2.61. The summed E-state index contributed by atoms with van der Waals surface area (Å²) < 4.78 is 1.60. The highest BCUT2D eigenvalue weighted by atomic mass is 32.2. The van der Waals surface area contributed by atoms with E-state index >= 15 is 0 Å². The zero-order valence-corrected chi connectivity index (χ0v) is 19.6. The Hall–Kier alpha value is -1.86. The van der Waals surface area contributed by atoms with Crippen molar-refractivity contribution in [2.45, 2.75) is 69.6 Å². The minimum atomic E-state index is -0.117. The van der Waals surface area contributed by atoms with Crippen LogP contribution in [0.1, 0.15) is 51.9 Å². The van der Waals surface area contributed by atoms with Gasteiger partial charge in [0.2, 0.25) is 5.91 Å². The molecule has 0 saturated heterocycles. The summed E-state index contributed by atoms with van der Waals surface area (Å²) in [5.74, 6) is 2.82. The number of rotatable bonds is 8. The molecular weight excluding hydrogens is 422 g/mol. The first-order valence-corrected chi connectivity index (χ1v) is 13.0. The lowest BCUT2D eigenvalue weighted by molar-refractivity contribution is -0.123. The molecule has 4 aliphatic carbocycles. The highest BCUT2D eigenvalue weighted by molar-refractivity contribution is 7.99. The van der Waals surface area contributed by atoms with Gasteiger partial charge in [0.05, 0.1) is 16.7 Å². The maximum atomic E-state index is 13.0. The Kier molecular flexibility index (Phi) is 6.05. The van der Waals surface area contributed by atoms with Crippen LogP contribution in [-0.4, -0.2) is 39.0 Å². The third-order valence-corrected chi connectivity index (χ3v) is 9.06. The predicted octanol–water partition coefficient (Wildman–Crippen LogP) is 3.59. The number of aliphatic hydroxyl groups excluding tert-OH is 1. The van der Waals surface area contributed by atoms with E-state index in [4.69, 9.17) is 0 Å². The summed E-state index contributed by atoms with van der Waals surface area (Å²) in [6, 6.07) is 7.47. The molecule has 1 atom stereocenters. The number of fused-ring (bicyclic) bond motifs is 1. The van der Waals surface area contributed by atoms with Crippen LogP contribution in [0.4, 0.5) is 0 Å². The molecule has 4 bridgehead atoms. The molecule has 0 aliphatic heterocycles. The Morgan fingerprint density at radius 1 is 1.22 bits per heavy atom. The standard InChI is InChI=1S/C25H33N3O3S/c1-16(25-12-17-9-18(13-25)11-19(10-17)14-25)26-22(30)15-32-24-27-21-6-3-2-5-20(21)23(31)28(24)7-4-8-29/h2-3,5-6,16-19,29H,4,7-15H2,1H3,(H,26,30). The second-order valence-electron chi connectivity index (χ2n) is 10.3. The molecule has 1 aromatic heterocycles. The molecule has 7 heteroatoms. The molecule has 4 fully saturated rings. The number of carbonyl (C=O) groups is 1. The molecule has 2 N–H and O–H groups in total. The van der Waals surface area contributed by atoms with Crippen LogP contribution in [0.5, 0.6) is 0 Å². The molecule has 1 amide bonds. The van der Waals surface area contributed by atoms with E-state index < -0.39 is 0 Å². The van der Waals surface area contributed by atoms with Crippen molar-refractivity contribution in [1.82, 2.24) is 14.9 Å². The Labute approximate surface area is 193 Å². The van der Waals surface area contributed by atoms with E-state index in [1.54, 1.807) is 10.6 Å². The highest BCUT2D eigenvalue weighted by Gasteiger charge is 2.53. The largest absolute Gasteiger partial charge is 0.396 e. The molecule has 32 heavy (non-hydrogen) atoms. The van der Waals surface area contributed by atoms with Crippen LogP contribution in [0.2, 0.25) is 0 Å². The van der Waals surface area contributed by atoms with Crippen molar-refractivity contribution < 1.29 is 9.90 Å². The minimum Gasteiger partial charge on any atom is -0.396 e. The van der Waals surface area contributed by atoms with Crippen LogP contribution in [-0.2, 0) is 11.3 Å². The summed E-state index contributed by atoms with van der Waals surface area (Å²) in [5, 5.41) is 13.7. The maximum Gasteiger partial charge on any atom is 0.262 e. The third kappa shape index (κ3) is 4.10. The van der Waals surface area contributed by atoms with Crippen LogP contribution in [0.15, 0.2) is 34.2 Å². The number of nitrogens with zero attached hydrogens (tertiary/aromatic N) is 2. The number of aromatic nitrogens is 2. The van der Waals surface area contributed by atoms with E-state index in [-0.39, 0.29) is 35.3 Å². The third-order valence-electron chi connectivity index (χ3n) is 8.08. The number of carbonyl (C=O) groups excluding carboxylic acids is 1. The van der Waals surface area contributed by atoms with Crippen LogP contribution in [0, 0.1) is 23.2 Å². The number of para-hydroxylation sites is 1. The van der Waals surface area contributed by atoms with Gasteiger partial charge in [-0.25, -0.2) is 4.98 Å². The quantitative estimate of drug-likeness (QED) is 0.469. The second-order valence-corrected chi connectivity index (χ2v) is 11.2. The number of nitrogens with one attached hydrogen (secondary N) is 1. The topological polar surface area (TPSA) is 84.2 Å². The number of amides is 1. The minimum absolute atomic E-state index is 0.00639. The van der Waals surface area contributed by atoms with Crippen LogP contribution in [0.25, 0.3) is 10.9 Å². The Morgan fingerprint density at radius 2 is 1.88 bits per heavy atom. The van der Waals surface area contributed by atoms with Crippen molar-refractivity contribution >= 4 is 28.6 Å². The zero-order chi connectivity index (χ0) is 22.3. The van der Waals surface area contributed by atoms with Gasteiger partial charge in [-0.1, -0.05) is 23.9 Å². The molecule has 1 heterocycles. The Bertz CT molecular complexity index is 1030. The van der Waals surface area contributed by atoms with Gasteiger partial charge in [-0.05, 0) is 87.2 Å². The molecule has 2 aromatic rings. The van der Waals surface area contributed by atoms with Crippen molar-refractivity contribution in [3.8, 4) is 0 Å². The Balaban J connectivity index is 1.28.